The molecule has 10 heteroatoms. The van der Waals surface area contributed by atoms with Crippen LogP contribution in [-0.4, -0.2) is 82.4 Å². The van der Waals surface area contributed by atoms with Crippen LogP contribution >= 0.6 is 0 Å². The minimum Gasteiger partial charge on any atom is -0.451 e. The van der Waals surface area contributed by atoms with Gasteiger partial charge in [-0.05, 0) is 70.6 Å². The molecule has 208 valence electrons. The fourth-order valence-electron chi connectivity index (χ4n) is 6.56. The number of carbonyl (C=O) groups excluding carboxylic acids is 2. The van der Waals surface area contributed by atoms with E-state index in [1.807, 2.05) is 25.7 Å². The van der Waals surface area contributed by atoms with Crippen molar-refractivity contribution in [1.29, 1.82) is 0 Å². The van der Waals surface area contributed by atoms with E-state index in [9.17, 15) is 14.0 Å². The van der Waals surface area contributed by atoms with E-state index in [0.29, 0.717) is 30.1 Å². The van der Waals surface area contributed by atoms with Gasteiger partial charge in [0.1, 0.15) is 17.9 Å². The van der Waals surface area contributed by atoms with Crippen LogP contribution in [0.1, 0.15) is 56.8 Å². The van der Waals surface area contributed by atoms with Crippen molar-refractivity contribution in [2.45, 2.75) is 64.6 Å². The lowest BCUT2D eigenvalue weighted by atomic mass is 9.72. The molecule has 1 saturated carbocycles. The van der Waals surface area contributed by atoms with Crippen LogP contribution in [0.2, 0.25) is 0 Å². The highest BCUT2D eigenvalue weighted by Gasteiger charge is 2.51. The zero-order valence-corrected chi connectivity index (χ0v) is 22.9. The maximum absolute atomic E-state index is 14.2. The largest absolute Gasteiger partial charge is 0.451 e. The van der Waals surface area contributed by atoms with Crippen molar-refractivity contribution < 1.29 is 18.7 Å². The highest BCUT2D eigenvalue weighted by atomic mass is 19.1. The number of likely N-dealkylation sites (tertiary alicyclic amines) is 1. The second-order valence-electron chi connectivity index (χ2n) is 11.9. The molecule has 0 radical (unpaired) electrons. The summed E-state index contributed by atoms with van der Waals surface area (Å²) in [7, 11) is 0. The number of fused-ring (bicyclic) bond motifs is 1. The Bertz CT molecular complexity index is 1250. The Labute approximate surface area is 228 Å². The van der Waals surface area contributed by atoms with Gasteiger partial charge < -0.3 is 24.8 Å². The zero-order chi connectivity index (χ0) is 27.3. The van der Waals surface area contributed by atoms with Crippen molar-refractivity contribution in [3.8, 4) is 11.5 Å². The summed E-state index contributed by atoms with van der Waals surface area (Å²) in [6.07, 6.45) is 7.23. The summed E-state index contributed by atoms with van der Waals surface area (Å²) in [5, 5.41) is 3.49. The van der Waals surface area contributed by atoms with Crippen LogP contribution in [0.15, 0.2) is 30.7 Å². The normalized spacial score (nSPS) is 24.9. The van der Waals surface area contributed by atoms with E-state index < -0.39 is 5.82 Å². The Kier molecular flexibility index (Phi) is 6.69. The highest BCUT2D eigenvalue weighted by molar-refractivity contribution is 5.97. The molecule has 6 rings (SSSR count). The second-order valence-corrected chi connectivity index (χ2v) is 11.9. The third kappa shape index (κ3) is 4.95. The monoisotopic (exact) mass is 536 g/mol. The number of benzene rings is 1. The molecule has 9 nitrogen and oxygen atoms in total. The second kappa shape index (κ2) is 10.0. The van der Waals surface area contributed by atoms with E-state index in [4.69, 9.17) is 4.74 Å². The lowest BCUT2D eigenvalue weighted by Crippen LogP contribution is -2.62. The van der Waals surface area contributed by atoms with Crippen LogP contribution in [0.3, 0.4) is 0 Å². The number of nitrogens with zero attached hydrogens (tertiary/aromatic N) is 5. The van der Waals surface area contributed by atoms with E-state index in [-0.39, 0.29) is 40.6 Å². The van der Waals surface area contributed by atoms with Crippen LogP contribution in [0.25, 0.3) is 0 Å². The number of rotatable bonds is 7. The average Bonchev–Trinajstić information content (AvgIpc) is 3.52. The van der Waals surface area contributed by atoms with Crippen LogP contribution in [-0.2, 0) is 4.79 Å². The summed E-state index contributed by atoms with van der Waals surface area (Å²) in [4.78, 5) is 40.7. The summed E-state index contributed by atoms with van der Waals surface area (Å²) in [6, 6.07) is 4.55. The van der Waals surface area contributed by atoms with Crippen molar-refractivity contribution in [2.24, 2.45) is 11.3 Å². The first-order valence-corrected chi connectivity index (χ1v) is 14.1. The number of ether oxygens (including phenoxy) is 1. The summed E-state index contributed by atoms with van der Waals surface area (Å²) >= 11 is 0. The topological polar surface area (TPSA) is 90.9 Å². The molecule has 1 spiro atoms. The molecule has 1 aromatic carbocycles. The lowest BCUT2D eigenvalue weighted by molar-refractivity contribution is -0.136. The third-order valence-electron chi connectivity index (χ3n) is 8.94. The van der Waals surface area contributed by atoms with E-state index in [1.165, 1.54) is 30.9 Å². The number of carbonyl (C=O) groups is 2. The number of hydrogen-bond donors (Lipinski definition) is 1. The van der Waals surface area contributed by atoms with E-state index >= 15 is 0 Å². The third-order valence-corrected chi connectivity index (χ3v) is 8.94. The number of anilines is 1. The number of hydrogen-bond acceptors (Lipinski definition) is 7. The van der Waals surface area contributed by atoms with Crippen molar-refractivity contribution in [3.05, 3.63) is 42.1 Å². The molecule has 3 saturated heterocycles. The molecule has 2 amide bonds. The SMILES string of the molecule is CCN(C(=O)c1cc(F)ccc1Oc1cncnc1N1CC2(CCN(C(=O)[C@@H]3CC4C[C@H]4N3)CC2)C1)C(C)C. The predicted octanol–water partition coefficient (Wildman–Crippen LogP) is 3.46. The lowest BCUT2D eigenvalue weighted by Gasteiger charge is -2.54. The minimum absolute atomic E-state index is 0.00888. The van der Waals surface area contributed by atoms with E-state index in [1.54, 1.807) is 11.1 Å². The molecular formula is C29H37FN6O3. The number of halogens is 1. The van der Waals surface area contributed by atoms with Gasteiger partial charge in [0.05, 0.1) is 17.8 Å². The fraction of sp³-hybridized carbons (Fsp3) is 0.586. The first-order chi connectivity index (χ1) is 18.8. The zero-order valence-electron chi connectivity index (χ0n) is 22.9. The van der Waals surface area contributed by atoms with Gasteiger partial charge in [-0.2, -0.15) is 0 Å². The molecule has 4 aliphatic rings. The van der Waals surface area contributed by atoms with Crippen molar-refractivity contribution in [3.63, 3.8) is 0 Å². The number of aromatic nitrogens is 2. The van der Waals surface area contributed by atoms with Gasteiger partial charge in [-0.15, -0.1) is 0 Å². The molecular weight excluding hydrogens is 499 g/mol. The maximum atomic E-state index is 14.2. The van der Waals surface area contributed by atoms with Crippen LogP contribution in [0, 0.1) is 17.2 Å². The molecule has 1 aliphatic carbocycles. The summed E-state index contributed by atoms with van der Waals surface area (Å²) in [5.41, 5.74) is 0.326. The highest BCUT2D eigenvalue weighted by Crippen LogP contribution is 2.46. The van der Waals surface area contributed by atoms with Crippen LogP contribution in [0.5, 0.6) is 11.5 Å². The molecule has 4 fully saturated rings. The predicted molar refractivity (Wildman–Crippen MR) is 144 cm³/mol. The first-order valence-electron chi connectivity index (χ1n) is 14.1. The Balaban J connectivity index is 1.12. The van der Waals surface area contributed by atoms with E-state index in [2.05, 4.69) is 20.2 Å². The Morgan fingerprint density at radius 2 is 1.97 bits per heavy atom. The molecule has 0 bridgehead atoms. The Morgan fingerprint density at radius 1 is 1.21 bits per heavy atom. The van der Waals surface area contributed by atoms with Crippen molar-refractivity contribution in [2.75, 3.05) is 37.6 Å². The van der Waals surface area contributed by atoms with E-state index in [0.717, 1.165) is 45.4 Å². The van der Waals surface area contributed by atoms with Crippen molar-refractivity contribution >= 4 is 17.6 Å². The fourth-order valence-corrected chi connectivity index (χ4v) is 6.56. The molecule has 39 heavy (non-hydrogen) atoms. The molecule has 4 heterocycles. The molecule has 1 unspecified atom stereocenters. The number of piperidine rings is 2. The average molecular weight is 537 g/mol. The van der Waals surface area contributed by atoms with Gasteiger partial charge in [-0.1, -0.05) is 0 Å². The summed E-state index contributed by atoms with van der Waals surface area (Å²) < 4.78 is 20.4. The van der Waals surface area contributed by atoms with Gasteiger partial charge in [0.25, 0.3) is 5.91 Å². The van der Waals surface area contributed by atoms with Gasteiger partial charge in [-0.3, -0.25) is 9.59 Å². The number of amides is 2. The van der Waals surface area contributed by atoms with Crippen LogP contribution < -0.4 is 15.0 Å². The smallest absolute Gasteiger partial charge is 0.257 e. The van der Waals surface area contributed by atoms with Gasteiger partial charge in [0, 0.05) is 50.2 Å². The van der Waals surface area contributed by atoms with Crippen LogP contribution in [0.4, 0.5) is 10.2 Å². The molecule has 3 atom stereocenters. The van der Waals surface area contributed by atoms with Gasteiger partial charge in [0.15, 0.2) is 11.6 Å². The standard InChI is InChI=1S/C29H37FN6O3/c1-4-36(18(2)3)27(37)21-13-20(30)5-6-24(21)39-25-14-31-17-32-26(25)35-15-29(16-35)7-9-34(10-8-29)28(38)23-12-19-11-22(19)33-23/h5-6,13-14,17-19,22-23,33H,4,7-12,15-16H2,1-3H3/t19?,22-,23+/m1/s1. The molecule has 1 aromatic heterocycles. The van der Waals surface area contributed by atoms with Gasteiger partial charge in [0.2, 0.25) is 5.91 Å². The molecule has 3 aliphatic heterocycles. The van der Waals surface area contributed by atoms with Gasteiger partial charge in [-0.25, -0.2) is 14.4 Å². The van der Waals surface area contributed by atoms with Gasteiger partial charge >= 0.3 is 0 Å². The first kappa shape index (κ1) is 26.0. The van der Waals surface area contributed by atoms with Crippen molar-refractivity contribution in [1.82, 2.24) is 25.1 Å². The maximum Gasteiger partial charge on any atom is 0.257 e. The Morgan fingerprint density at radius 3 is 2.64 bits per heavy atom. The number of nitrogens with one attached hydrogen (secondary N) is 1. The molecule has 1 N–H and O–H groups in total. The minimum atomic E-state index is -0.495. The summed E-state index contributed by atoms with van der Waals surface area (Å²) in [6.45, 7) is 9.48. The Hall–Kier alpha value is -3.27. The summed E-state index contributed by atoms with van der Waals surface area (Å²) in [5.74, 6) is 1.56. The molecule has 2 aromatic rings. The quantitative estimate of drug-likeness (QED) is 0.580.